The number of ketones is 2. The molecule has 0 fully saturated rings. The van der Waals surface area contributed by atoms with Crippen LogP contribution in [0.25, 0.3) is 0 Å². The molecule has 0 unspecified atom stereocenters. The van der Waals surface area contributed by atoms with Gasteiger partial charge in [-0.05, 0) is 12.3 Å². The van der Waals surface area contributed by atoms with E-state index in [1.54, 1.807) is 0 Å². The fourth-order valence-corrected chi connectivity index (χ4v) is 1.70. The molecule has 16 heavy (non-hydrogen) atoms. The van der Waals surface area contributed by atoms with Crippen LogP contribution in [0.3, 0.4) is 0 Å². The molecule has 0 rings (SSSR count). The summed E-state index contributed by atoms with van der Waals surface area (Å²) in [6.07, 6.45) is 3.68. The van der Waals surface area contributed by atoms with Gasteiger partial charge >= 0.3 is 0 Å². The zero-order chi connectivity index (χ0) is 12.8. The van der Waals surface area contributed by atoms with E-state index in [0.717, 1.165) is 19.3 Å². The van der Waals surface area contributed by atoms with Crippen molar-refractivity contribution in [1.82, 2.24) is 0 Å². The summed E-state index contributed by atoms with van der Waals surface area (Å²) in [5.74, 6) is 0.537. The highest BCUT2D eigenvalue weighted by Crippen LogP contribution is 2.26. The Morgan fingerprint density at radius 3 is 2.19 bits per heavy atom. The molecule has 0 aliphatic carbocycles. The second-order valence-corrected chi connectivity index (χ2v) is 5.72. The zero-order valence-corrected chi connectivity index (χ0v) is 11.4. The summed E-state index contributed by atoms with van der Waals surface area (Å²) in [7, 11) is 0. The maximum absolute atomic E-state index is 11.9. The summed E-state index contributed by atoms with van der Waals surface area (Å²) in [5.41, 5.74) is -0.331. The summed E-state index contributed by atoms with van der Waals surface area (Å²) >= 11 is 0. The molecular formula is C14H26O2. The predicted molar refractivity (Wildman–Crippen MR) is 67.4 cm³/mol. The molecule has 0 aliphatic rings. The van der Waals surface area contributed by atoms with E-state index < -0.39 is 0 Å². The molecule has 0 N–H and O–H groups in total. The maximum atomic E-state index is 11.9. The van der Waals surface area contributed by atoms with E-state index in [1.165, 1.54) is 0 Å². The van der Waals surface area contributed by atoms with Gasteiger partial charge in [0.2, 0.25) is 0 Å². The van der Waals surface area contributed by atoms with Crippen molar-refractivity contribution in [2.45, 2.75) is 66.7 Å². The van der Waals surface area contributed by atoms with E-state index in [0.29, 0.717) is 12.3 Å². The van der Waals surface area contributed by atoms with E-state index >= 15 is 0 Å². The molecule has 0 aliphatic heterocycles. The average molecular weight is 226 g/mol. The summed E-state index contributed by atoms with van der Waals surface area (Å²) in [6.45, 7) is 10.0. The van der Waals surface area contributed by atoms with Crippen LogP contribution in [0.4, 0.5) is 0 Å². The molecule has 0 saturated carbocycles. The van der Waals surface area contributed by atoms with Gasteiger partial charge in [0, 0.05) is 11.8 Å². The average Bonchev–Trinajstić information content (AvgIpc) is 2.13. The molecule has 0 radical (unpaired) electrons. The van der Waals surface area contributed by atoms with E-state index in [1.807, 2.05) is 27.7 Å². The van der Waals surface area contributed by atoms with Gasteiger partial charge in [0.1, 0.15) is 11.6 Å². The third kappa shape index (κ3) is 6.04. The molecule has 2 nitrogen and oxygen atoms in total. The quantitative estimate of drug-likeness (QED) is 0.590. The van der Waals surface area contributed by atoms with Crippen LogP contribution in [0.15, 0.2) is 0 Å². The fraction of sp³-hybridized carbons (Fsp3) is 0.857. The predicted octanol–water partition coefficient (Wildman–Crippen LogP) is 3.78. The van der Waals surface area contributed by atoms with Crippen LogP contribution in [0.2, 0.25) is 0 Å². The number of rotatable bonds is 8. The number of carbonyl (C=O) groups is 2. The Labute approximate surface area is 99.8 Å². The second-order valence-electron chi connectivity index (χ2n) is 5.72. The first-order chi connectivity index (χ1) is 7.29. The molecule has 0 aromatic carbocycles. The minimum absolute atomic E-state index is 0.0876. The van der Waals surface area contributed by atoms with Crippen LogP contribution >= 0.6 is 0 Å². The number of unbranched alkanes of at least 4 members (excludes halogenated alkanes) is 1. The van der Waals surface area contributed by atoms with Crippen LogP contribution in [0, 0.1) is 11.3 Å². The SMILES string of the molecule is CCCCC(C)(C)C(=O)CC(=O)CC(C)C. The van der Waals surface area contributed by atoms with Gasteiger partial charge in [0.25, 0.3) is 0 Å². The van der Waals surface area contributed by atoms with Gasteiger partial charge in [0.15, 0.2) is 0 Å². The lowest BCUT2D eigenvalue weighted by Crippen LogP contribution is -2.26. The normalized spacial score (nSPS) is 11.9. The molecular weight excluding hydrogens is 200 g/mol. The Hall–Kier alpha value is -0.660. The van der Waals surface area contributed by atoms with Gasteiger partial charge in [-0.15, -0.1) is 0 Å². The Bertz CT molecular complexity index is 239. The molecule has 2 heteroatoms. The molecule has 94 valence electrons. The summed E-state index contributed by atoms with van der Waals surface area (Å²) < 4.78 is 0. The molecule has 0 spiro atoms. The first-order valence-corrected chi connectivity index (χ1v) is 6.34. The Morgan fingerprint density at radius 1 is 1.19 bits per heavy atom. The summed E-state index contributed by atoms with van der Waals surface area (Å²) in [4.78, 5) is 23.5. The van der Waals surface area contributed by atoms with Gasteiger partial charge in [-0.25, -0.2) is 0 Å². The van der Waals surface area contributed by atoms with E-state index in [2.05, 4.69) is 6.92 Å². The number of carbonyl (C=O) groups excluding carboxylic acids is 2. The van der Waals surface area contributed by atoms with E-state index in [9.17, 15) is 9.59 Å². The van der Waals surface area contributed by atoms with Crippen LogP contribution in [-0.2, 0) is 9.59 Å². The van der Waals surface area contributed by atoms with Gasteiger partial charge in [0.05, 0.1) is 6.42 Å². The molecule has 0 aromatic heterocycles. The Balaban J connectivity index is 4.17. The highest BCUT2D eigenvalue weighted by molar-refractivity contribution is 6.01. The third-order valence-corrected chi connectivity index (χ3v) is 2.90. The Morgan fingerprint density at radius 2 is 1.75 bits per heavy atom. The zero-order valence-electron chi connectivity index (χ0n) is 11.4. The van der Waals surface area contributed by atoms with Crippen molar-refractivity contribution in [3.05, 3.63) is 0 Å². The van der Waals surface area contributed by atoms with Gasteiger partial charge in [-0.2, -0.15) is 0 Å². The molecule has 0 heterocycles. The monoisotopic (exact) mass is 226 g/mol. The molecule has 0 saturated heterocycles. The topological polar surface area (TPSA) is 34.1 Å². The van der Waals surface area contributed by atoms with Crippen molar-refractivity contribution in [2.75, 3.05) is 0 Å². The molecule has 0 bridgehead atoms. The number of Topliss-reactive ketones (excluding diaryl/α,β-unsaturated/α-hetero) is 2. The number of hydrogen-bond acceptors (Lipinski definition) is 2. The minimum Gasteiger partial charge on any atom is -0.299 e. The lowest BCUT2D eigenvalue weighted by atomic mass is 9.80. The second kappa shape index (κ2) is 6.82. The minimum atomic E-state index is -0.331. The highest BCUT2D eigenvalue weighted by atomic mass is 16.1. The van der Waals surface area contributed by atoms with Crippen LogP contribution in [0.5, 0.6) is 0 Å². The summed E-state index contributed by atoms with van der Waals surface area (Å²) in [6, 6.07) is 0. The van der Waals surface area contributed by atoms with E-state index in [-0.39, 0.29) is 23.4 Å². The molecule has 0 aromatic rings. The smallest absolute Gasteiger partial charge is 0.145 e. The molecule has 0 amide bonds. The van der Waals surface area contributed by atoms with Crippen molar-refractivity contribution < 1.29 is 9.59 Å². The van der Waals surface area contributed by atoms with Crippen LogP contribution < -0.4 is 0 Å². The van der Waals surface area contributed by atoms with Crippen molar-refractivity contribution >= 4 is 11.6 Å². The molecule has 0 atom stereocenters. The first kappa shape index (κ1) is 15.3. The standard InChI is InChI=1S/C14H26O2/c1-6-7-8-14(4,5)13(16)10-12(15)9-11(2)3/h11H,6-10H2,1-5H3. The largest absolute Gasteiger partial charge is 0.299 e. The van der Waals surface area contributed by atoms with Crippen molar-refractivity contribution in [3.8, 4) is 0 Å². The fourth-order valence-electron chi connectivity index (χ4n) is 1.70. The van der Waals surface area contributed by atoms with Crippen LogP contribution in [0.1, 0.15) is 66.7 Å². The Kier molecular flexibility index (Phi) is 6.54. The third-order valence-electron chi connectivity index (χ3n) is 2.90. The van der Waals surface area contributed by atoms with Gasteiger partial charge in [-0.1, -0.05) is 47.5 Å². The van der Waals surface area contributed by atoms with Gasteiger partial charge in [-0.3, -0.25) is 9.59 Å². The first-order valence-electron chi connectivity index (χ1n) is 6.34. The summed E-state index contributed by atoms with van der Waals surface area (Å²) in [5, 5.41) is 0. The maximum Gasteiger partial charge on any atom is 0.145 e. The van der Waals surface area contributed by atoms with E-state index in [4.69, 9.17) is 0 Å². The van der Waals surface area contributed by atoms with Crippen molar-refractivity contribution in [3.63, 3.8) is 0 Å². The lowest BCUT2D eigenvalue weighted by Gasteiger charge is -2.22. The highest BCUT2D eigenvalue weighted by Gasteiger charge is 2.28. The lowest BCUT2D eigenvalue weighted by molar-refractivity contribution is -0.132. The van der Waals surface area contributed by atoms with Gasteiger partial charge < -0.3 is 0 Å². The van der Waals surface area contributed by atoms with Crippen molar-refractivity contribution in [1.29, 1.82) is 0 Å². The van der Waals surface area contributed by atoms with Crippen molar-refractivity contribution in [2.24, 2.45) is 11.3 Å². The number of hydrogen-bond donors (Lipinski definition) is 0. The van der Waals surface area contributed by atoms with Crippen LogP contribution in [-0.4, -0.2) is 11.6 Å².